The Morgan fingerprint density at radius 3 is 2.50 bits per heavy atom. The number of nitrogens with one attached hydrogen (secondary N) is 1. The lowest BCUT2D eigenvalue weighted by atomic mass is 10.1. The van der Waals surface area contributed by atoms with E-state index >= 15 is 0 Å². The smallest absolute Gasteiger partial charge is 0.417 e. The molecule has 0 fully saturated rings. The molecule has 1 amide bonds. The van der Waals surface area contributed by atoms with Crippen molar-refractivity contribution in [3.8, 4) is 0 Å². The Morgan fingerprint density at radius 1 is 1.17 bits per heavy atom. The highest BCUT2D eigenvalue weighted by Crippen LogP contribution is 2.35. The number of alkyl halides is 3. The molecular formula is C25H24F3IN4O3. The van der Waals surface area contributed by atoms with E-state index in [4.69, 9.17) is 4.74 Å². The molecule has 0 aliphatic carbocycles. The number of hydrogen-bond acceptors (Lipinski definition) is 5. The summed E-state index contributed by atoms with van der Waals surface area (Å²) < 4.78 is 46.7. The van der Waals surface area contributed by atoms with Crippen LogP contribution in [0.5, 0.6) is 0 Å². The van der Waals surface area contributed by atoms with Gasteiger partial charge in [0.05, 0.1) is 36.5 Å². The molecule has 36 heavy (non-hydrogen) atoms. The van der Waals surface area contributed by atoms with Crippen LogP contribution in [0.25, 0.3) is 0 Å². The molecule has 0 bridgehead atoms. The first-order valence-electron chi connectivity index (χ1n) is 11.2. The molecule has 7 nitrogen and oxygen atoms in total. The summed E-state index contributed by atoms with van der Waals surface area (Å²) in [5, 5.41) is 7.44. The molecule has 11 heteroatoms. The topological polar surface area (TPSA) is 76.5 Å². The lowest BCUT2D eigenvalue weighted by molar-refractivity contribution is -0.138. The standard InChI is InChI=1S/C25H24F3IN4O3/c1-14(17-5-7-18(8-6-17)24(35)36-3)30-22(34)21-15(2)31-33-11-10-32(23(21)33)13-16-4-9-20(29)19(12-16)25(26,27)28/h4-9,12,14H,10-11,13H2,1-3H3,(H,30,34)/t14-/m0/s1. The van der Waals surface area contributed by atoms with Crippen molar-refractivity contribution in [1.82, 2.24) is 15.1 Å². The largest absolute Gasteiger partial charge is 0.465 e. The Balaban J connectivity index is 1.55. The van der Waals surface area contributed by atoms with E-state index in [1.54, 1.807) is 64.5 Å². The third kappa shape index (κ3) is 5.20. The van der Waals surface area contributed by atoms with Gasteiger partial charge >= 0.3 is 12.1 Å². The van der Waals surface area contributed by atoms with Gasteiger partial charge in [-0.1, -0.05) is 18.2 Å². The third-order valence-electron chi connectivity index (χ3n) is 6.10. The van der Waals surface area contributed by atoms with E-state index in [1.165, 1.54) is 13.2 Å². The first-order chi connectivity index (χ1) is 17.0. The van der Waals surface area contributed by atoms with Crippen molar-refractivity contribution in [1.29, 1.82) is 0 Å². The normalized spacial score (nSPS) is 13.9. The number of esters is 1. The number of aryl methyl sites for hydroxylation is 1. The molecule has 2 aromatic carbocycles. The van der Waals surface area contributed by atoms with E-state index in [0.29, 0.717) is 41.3 Å². The number of fused-ring (bicyclic) bond motifs is 1. The summed E-state index contributed by atoms with van der Waals surface area (Å²) in [5.41, 5.74) is 1.97. The predicted molar refractivity (Wildman–Crippen MR) is 136 cm³/mol. The first-order valence-corrected chi connectivity index (χ1v) is 12.2. The fourth-order valence-corrected chi connectivity index (χ4v) is 4.92. The Hall–Kier alpha value is -3.09. The number of nitrogens with zero attached hydrogens (tertiary/aromatic N) is 3. The van der Waals surface area contributed by atoms with Crippen molar-refractivity contribution >= 4 is 40.3 Å². The fraction of sp³-hybridized carbons (Fsp3) is 0.320. The monoisotopic (exact) mass is 612 g/mol. The number of methoxy groups -OCH3 is 1. The fourth-order valence-electron chi connectivity index (χ4n) is 4.27. The molecule has 0 spiro atoms. The lowest BCUT2D eigenvalue weighted by Crippen LogP contribution is -2.29. The van der Waals surface area contributed by atoms with Gasteiger partial charge < -0.3 is 15.0 Å². The maximum Gasteiger partial charge on any atom is 0.417 e. The van der Waals surface area contributed by atoms with Gasteiger partial charge in [-0.3, -0.25) is 4.79 Å². The molecule has 3 aromatic rings. The van der Waals surface area contributed by atoms with E-state index < -0.39 is 17.7 Å². The van der Waals surface area contributed by atoms with Crippen LogP contribution in [0.15, 0.2) is 42.5 Å². The van der Waals surface area contributed by atoms with Crippen LogP contribution in [0.2, 0.25) is 0 Å². The highest BCUT2D eigenvalue weighted by Gasteiger charge is 2.34. The minimum Gasteiger partial charge on any atom is -0.465 e. The van der Waals surface area contributed by atoms with E-state index in [9.17, 15) is 22.8 Å². The minimum atomic E-state index is -4.44. The summed E-state index contributed by atoms with van der Waals surface area (Å²) in [6, 6.07) is 10.7. The van der Waals surface area contributed by atoms with Crippen LogP contribution < -0.4 is 10.2 Å². The van der Waals surface area contributed by atoms with Gasteiger partial charge in [0.15, 0.2) is 0 Å². The van der Waals surface area contributed by atoms with Crippen molar-refractivity contribution in [3.63, 3.8) is 0 Å². The maximum atomic E-state index is 13.4. The summed E-state index contributed by atoms with van der Waals surface area (Å²) in [4.78, 5) is 26.8. The number of carbonyl (C=O) groups is 2. The molecule has 1 N–H and O–H groups in total. The zero-order valence-electron chi connectivity index (χ0n) is 19.8. The van der Waals surface area contributed by atoms with Gasteiger partial charge in [-0.25, -0.2) is 9.48 Å². The molecule has 1 aromatic heterocycles. The lowest BCUT2D eigenvalue weighted by Gasteiger charge is -2.21. The SMILES string of the molecule is COC(=O)c1ccc([C@H](C)NC(=O)c2c(C)nn3c2N(Cc2ccc(I)c(C(F)(F)F)c2)CC3)cc1. The van der Waals surface area contributed by atoms with Crippen LogP contribution in [0, 0.1) is 10.5 Å². The Morgan fingerprint density at radius 2 is 1.86 bits per heavy atom. The number of ether oxygens (including phenoxy) is 1. The summed E-state index contributed by atoms with van der Waals surface area (Å²) in [7, 11) is 1.31. The molecule has 1 atom stereocenters. The molecule has 190 valence electrons. The Kier molecular flexibility index (Phi) is 7.30. The summed E-state index contributed by atoms with van der Waals surface area (Å²) >= 11 is 1.68. The van der Waals surface area contributed by atoms with Crippen molar-refractivity contribution in [2.45, 2.75) is 39.2 Å². The number of rotatable bonds is 6. The number of amides is 1. The van der Waals surface area contributed by atoms with E-state index in [2.05, 4.69) is 10.4 Å². The second-order valence-corrected chi connectivity index (χ2v) is 9.71. The second-order valence-electron chi connectivity index (χ2n) is 8.55. The van der Waals surface area contributed by atoms with Gasteiger partial charge in [-0.15, -0.1) is 0 Å². The zero-order chi connectivity index (χ0) is 26.2. The van der Waals surface area contributed by atoms with Gasteiger partial charge in [0, 0.05) is 16.7 Å². The minimum absolute atomic E-state index is 0.139. The van der Waals surface area contributed by atoms with Gasteiger partial charge in [0.2, 0.25) is 0 Å². The molecule has 0 saturated carbocycles. The van der Waals surface area contributed by atoms with Crippen molar-refractivity contribution in [3.05, 3.63) is 79.5 Å². The number of anilines is 1. The van der Waals surface area contributed by atoms with Gasteiger partial charge in [-0.05, 0) is 71.8 Å². The van der Waals surface area contributed by atoms with Crippen LogP contribution in [-0.4, -0.2) is 35.3 Å². The highest BCUT2D eigenvalue weighted by molar-refractivity contribution is 14.1. The quantitative estimate of drug-likeness (QED) is 0.310. The number of halogens is 4. The third-order valence-corrected chi connectivity index (χ3v) is 7.04. The average molecular weight is 612 g/mol. The summed E-state index contributed by atoms with van der Waals surface area (Å²) in [5.74, 6) is -0.186. The number of hydrogen-bond donors (Lipinski definition) is 1. The zero-order valence-corrected chi connectivity index (χ0v) is 22.0. The van der Waals surface area contributed by atoms with Crippen LogP contribution >= 0.6 is 22.6 Å². The van der Waals surface area contributed by atoms with Gasteiger partial charge in [0.25, 0.3) is 5.91 Å². The highest BCUT2D eigenvalue weighted by atomic mass is 127. The Bertz CT molecular complexity index is 1310. The van der Waals surface area contributed by atoms with Crippen molar-refractivity contribution in [2.75, 3.05) is 18.6 Å². The van der Waals surface area contributed by atoms with Crippen LogP contribution in [0.4, 0.5) is 19.0 Å². The molecule has 0 saturated heterocycles. The van der Waals surface area contributed by atoms with Crippen molar-refractivity contribution < 1.29 is 27.5 Å². The predicted octanol–water partition coefficient (Wildman–Crippen LogP) is 5.11. The van der Waals surface area contributed by atoms with Crippen LogP contribution in [0.3, 0.4) is 0 Å². The van der Waals surface area contributed by atoms with Gasteiger partial charge in [-0.2, -0.15) is 18.3 Å². The molecule has 1 aliphatic rings. The summed E-state index contributed by atoms with van der Waals surface area (Å²) in [6.07, 6.45) is -4.44. The maximum absolute atomic E-state index is 13.4. The molecule has 0 unspecified atom stereocenters. The molecule has 4 rings (SSSR count). The second kappa shape index (κ2) is 10.1. The first kappa shape index (κ1) is 26.0. The number of benzene rings is 2. The van der Waals surface area contributed by atoms with E-state index in [-0.39, 0.29) is 22.1 Å². The average Bonchev–Trinajstić information content (AvgIpc) is 3.36. The number of carbonyl (C=O) groups excluding carboxylic acids is 2. The molecule has 1 aliphatic heterocycles. The van der Waals surface area contributed by atoms with Crippen LogP contribution in [0.1, 0.15) is 56.1 Å². The molecular weight excluding hydrogens is 588 g/mol. The van der Waals surface area contributed by atoms with E-state index in [0.717, 1.165) is 11.6 Å². The van der Waals surface area contributed by atoms with Crippen LogP contribution in [-0.2, 0) is 24.0 Å². The van der Waals surface area contributed by atoms with Gasteiger partial charge in [0.1, 0.15) is 11.4 Å². The molecule has 2 heterocycles. The summed E-state index contributed by atoms with van der Waals surface area (Å²) in [6.45, 7) is 4.84. The van der Waals surface area contributed by atoms with Crippen molar-refractivity contribution in [2.24, 2.45) is 0 Å². The number of aromatic nitrogens is 2. The Labute approximate surface area is 219 Å². The van der Waals surface area contributed by atoms with E-state index in [1.807, 2.05) is 11.8 Å². The molecule has 0 radical (unpaired) electrons.